The van der Waals surface area contributed by atoms with Crippen molar-refractivity contribution in [2.24, 2.45) is 0 Å². The van der Waals surface area contributed by atoms with Crippen molar-refractivity contribution in [1.82, 2.24) is 5.32 Å². The second kappa shape index (κ2) is 8.33. The molecule has 0 aliphatic heterocycles. The van der Waals surface area contributed by atoms with Gasteiger partial charge < -0.3 is 10.1 Å². The first-order chi connectivity index (χ1) is 11.8. The summed E-state index contributed by atoms with van der Waals surface area (Å²) < 4.78 is 29.9. The molecule has 2 rings (SSSR count). The van der Waals surface area contributed by atoms with Crippen LogP contribution in [0.3, 0.4) is 0 Å². The summed E-state index contributed by atoms with van der Waals surface area (Å²) in [5, 5.41) is 2.95. The molecule has 1 aromatic rings. The number of anilines is 1. The molecule has 0 saturated heterocycles. The fourth-order valence-electron chi connectivity index (χ4n) is 2.94. The van der Waals surface area contributed by atoms with E-state index in [1.807, 2.05) is 0 Å². The van der Waals surface area contributed by atoms with Crippen molar-refractivity contribution in [2.75, 3.05) is 24.2 Å². The molecular weight excluding hydrogens is 344 g/mol. The highest BCUT2D eigenvalue weighted by Gasteiger charge is 2.21. The predicted molar refractivity (Wildman–Crippen MR) is 95.0 cm³/mol. The number of hydrogen-bond acceptors (Lipinski definition) is 5. The molecule has 1 aliphatic carbocycles. The third-order valence-corrected chi connectivity index (χ3v) is 5.43. The van der Waals surface area contributed by atoms with E-state index in [0.717, 1.165) is 31.9 Å². The second-order valence-electron chi connectivity index (χ2n) is 6.17. The van der Waals surface area contributed by atoms with Gasteiger partial charge in [0.15, 0.2) is 0 Å². The summed E-state index contributed by atoms with van der Waals surface area (Å²) in [6.07, 6.45) is 5.38. The molecule has 0 unspecified atom stereocenters. The van der Waals surface area contributed by atoms with E-state index in [-0.39, 0.29) is 24.9 Å². The fraction of sp³-hybridized carbons (Fsp3) is 0.529. The van der Waals surface area contributed by atoms with Crippen LogP contribution in [0.15, 0.2) is 24.3 Å². The second-order valence-corrected chi connectivity index (χ2v) is 8.08. The Bertz CT molecular complexity index is 709. The zero-order valence-corrected chi connectivity index (χ0v) is 15.3. The van der Waals surface area contributed by atoms with Crippen LogP contribution in [0.2, 0.25) is 0 Å². The van der Waals surface area contributed by atoms with Crippen molar-refractivity contribution in [3.05, 3.63) is 29.8 Å². The third kappa shape index (κ3) is 5.45. The molecule has 1 saturated carbocycles. The van der Waals surface area contributed by atoms with Crippen molar-refractivity contribution < 1.29 is 22.7 Å². The summed E-state index contributed by atoms with van der Waals surface area (Å²) in [5.74, 6) is -0.639. The number of benzene rings is 1. The molecule has 7 nitrogen and oxygen atoms in total. The molecule has 1 fully saturated rings. The van der Waals surface area contributed by atoms with E-state index in [0.29, 0.717) is 11.3 Å². The maximum Gasteiger partial charge on any atom is 0.337 e. The first-order valence-electron chi connectivity index (χ1n) is 8.26. The summed E-state index contributed by atoms with van der Waals surface area (Å²) in [6.45, 7) is 0.0506. The monoisotopic (exact) mass is 368 g/mol. The number of methoxy groups -OCH3 is 1. The van der Waals surface area contributed by atoms with Crippen LogP contribution in [-0.4, -0.2) is 46.2 Å². The van der Waals surface area contributed by atoms with Crippen LogP contribution in [0.5, 0.6) is 0 Å². The lowest BCUT2D eigenvalue weighted by Gasteiger charge is -2.23. The summed E-state index contributed by atoms with van der Waals surface area (Å²) >= 11 is 0. The van der Waals surface area contributed by atoms with Gasteiger partial charge in [-0.25, -0.2) is 13.2 Å². The Morgan fingerprint density at radius 3 is 2.32 bits per heavy atom. The number of nitrogens with zero attached hydrogens (tertiary/aromatic N) is 1. The molecule has 0 heterocycles. The molecule has 0 radical (unpaired) electrons. The molecule has 0 spiro atoms. The SMILES string of the molecule is COC(=O)c1ccc(N(CCC(=O)NC2CCCC2)S(C)(=O)=O)cc1. The zero-order valence-electron chi connectivity index (χ0n) is 14.5. The first-order valence-corrected chi connectivity index (χ1v) is 10.1. The van der Waals surface area contributed by atoms with E-state index < -0.39 is 16.0 Å². The van der Waals surface area contributed by atoms with E-state index in [9.17, 15) is 18.0 Å². The highest BCUT2D eigenvalue weighted by Crippen LogP contribution is 2.20. The number of esters is 1. The van der Waals surface area contributed by atoms with Gasteiger partial charge in [-0.2, -0.15) is 0 Å². The summed E-state index contributed by atoms with van der Waals surface area (Å²) in [5.41, 5.74) is 0.738. The van der Waals surface area contributed by atoms with Crippen LogP contribution >= 0.6 is 0 Å². The number of carbonyl (C=O) groups excluding carboxylic acids is 2. The number of sulfonamides is 1. The van der Waals surface area contributed by atoms with Crippen molar-refractivity contribution in [3.63, 3.8) is 0 Å². The summed E-state index contributed by atoms with van der Waals surface area (Å²) in [6, 6.07) is 6.26. The van der Waals surface area contributed by atoms with Crippen molar-refractivity contribution >= 4 is 27.6 Å². The Morgan fingerprint density at radius 1 is 1.20 bits per heavy atom. The first kappa shape index (κ1) is 19.2. The minimum Gasteiger partial charge on any atom is -0.465 e. The van der Waals surface area contributed by atoms with Crippen LogP contribution < -0.4 is 9.62 Å². The predicted octanol–water partition coefficient (Wildman–Crippen LogP) is 1.69. The lowest BCUT2D eigenvalue weighted by molar-refractivity contribution is -0.121. The Kier molecular flexibility index (Phi) is 6.41. The van der Waals surface area contributed by atoms with Gasteiger partial charge in [-0.1, -0.05) is 12.8 Å². The molecule has 0 atom stereocenters. The van der Waals surface area contributed by atoms with Gasteiger partial charge in [0.05, 0.1) is 24.6 Å². The van der Waals surface area contributed by atoms with Gasteiger partial charge in [-0.05, 0) is 37.1 Å². The third-order valence-electron chi connectivity index (χ3n) is 4.24. The van der Waals surface area contributed by atoms with Gasteiger partial charge in [-0.3, -0.25) is 9.10 Å². The van der Waals surface area contributed by atoms with E-state index in [2.05, 4.69) is 10.1 Å². The number of carbonyl (C=O) groups is 2. The van der Waals surface area contributed by atoms with Crippen LogP contribution in [-0.2, 0) is 19.6 Å². The van der Waals surface area contributed by atoms with Gasteiger partial charge in [0.2, 0.25) is 15.9 Å². The summed E-state index contributed by atoms with van der Waals surface area (Å²) in [4.78, 5) is 23.5. The normalized spacial score (nSPS) is 15.0. The van der Waals surface area contributed by atoms with Gasteiger partial charge in [0.1, 0.15) is 0 Å². The molecule has 1 amide bonds. The van der Waals surface area contributed by atoms with Crippen molar-refractivity contribution in [1.29, 1.82) is 0 Å². The number of rotatable bonds is 7. The molecule has 1 aliphatic rings. The molecule has 138 valence electrons. The van der Waals surface area contributed by atoms with E-state index in [1.54, 1.807) is 0 Å². The molecule has 1 N–H and O–H groups in total. The standard InChI is InChI=1S/C17H24N2O5S/c1-24-17(21)13-7-9-15(10-8-13)19(25(2,22)23)12-11-16(20)18-14-5-3-4-6-14/h7-10,14H,3-6,11-12H2,1-2H3,(H,18,20). The van der Waals surface area contributed by atoms with Crippen LogP contribution in [0.4, 0.5) is 5.69 Å². The molecule has 0 aromatic heterocycles. The van der Waals surface area contributed by atoms with Crippen molar-refractivity contribution in [2.45, 2.75) is 38.1 Å². The van der Waals surface area contributed by atoms with Crippen LogP contribution in [0, 0.1) is 0 Å². The van der Waals surface area contributed by atoms with Gasteiger partial charge >= 0.3 is 5.97 Å². The average Bonchev–Trinajstić information content (AvgIpc) is 3.06. The Balaban J connectivity index is 2.03. The zero-order chi connectivity index (χ0) is 18.4. The van der Waals surface area contributed by atoms with Crippen LogP contribution in [0.25, 0.3) is 0 Å². The largest absolute Gasteiger partial charge is 0.465 e. The maximum absolute atomic E-state index is 12.1. The lowest BCUT2D eigenvalue weighted by Crippen LogP contribution is -2.37. The topological polar surface area (TPSA) is 92.8 Å². The van der Waals surface area contributed by atoms with E-state index in [1.165, 1.54) is 35.7 Å². The minimum atomic E-state index is -3.54. The molecule has 8 heteroatoms. The molecule has 25 heavy (non-hydrogen) atoms. The molecule has 1 aromatic carbocycles. The van der Waals surface area contributed by atoms with E-state index in [4.69, 9.17) is 0 Å². The highest BCUT2D eigenvalue weighted by atomic mass is 32.2. The lowest BCUT2D eigenvalue weighted by atomic mass is 10.2. The Morgan fingerprint density at radius 2 is 1.80 bits per heavy atom. The fourth-order valence-corrected chi connectivity index (χ4v) is 3.87. The Hall–Kier alpha value is -2.09. The smallest absolute Gasteiger partial charge is 0.337 e. The van der Waals surface area contributed by atoms with Gasteiger partial charge in [0, 0.05) is 19.0 Å². The maximum atomic E-state index is 12.1. The number of ether oxygens (including phenoxy) is 1. The minimum absolute atomic E-state index is 0.0506. The van der Waals surface area contributed by atoms with Gasteiger partial charge in [-0.15, -0.1) is 0 Å². The van der Waals surface area contributed by atoms with E-state index >= 15 is 0 Å². The number of nitrogens with one attached hydrogen (secondary N) is 1. The number of hydrogen-bond donors (Lipinski definition) is 1. The van der Waals surface area contributed by atoms with Crippen LogP contribution in [0.1, 0.15) is 42.5 Å². The number of amides is 1. The molecule has 0 bridgehead atoms. The quantitative estimate of drug-likeness (QED) is 0.739. The molecular formula is C17H24N2O5S. The van der Waals surface area contributed by atoms with Crippen molar-refractivity contribution in [3.8, 4) is 0 Å². The van der Waals surface area contributed by atoms with Gasteiger partial charge in [0.25, 0.3) is 0 Å². The Labute approximate surface area is 148 Å². The summed E-state index contributed by atoms with van der Waals surface area (Å²) in [7, 11) is -2.26. The average molecular weight is 368 g/mol. The highest BCUT2D eigenvalue weighted by molar-refractivity contribution is 7.92.